The van der Waals surface area contributed by atoms with Crippen molar-refractivity contribution in [2.24, 2.45) is 0 Å². The summed E-state index contributed by atoms with van der Waals surface area (Å²) < 4.78 is 6.95. The standard InChI is InChI=1S/C26H21NO/c1-4-12-20(13-5-1)25-27-24-19-11-10-18-23(24)26(28-25,21-14-6-2-7-15-21)22-16-8-3-9-17-22/h1-19,25,27H/t25-/m0/s1. The second-order valence-corrected chi connectivity index (χ2v) is 7.01. The molecule has 1 aliphatic heterocycles. The number of hydrogen-bond donors (Lipinski definition) is 1. The topological polar surface area (TPSA) is 21.3 Å². The zero-order valence-corrected chi connectivity index (χ0v) is 15.5. The van der Waals surface area contributed by atoms with Gasteiger partial charge in [-0.1, -0.05) is 109 Å². The highest BCUT2D eigenvalue weighted by Crippen LogP contribution is 2.49. The van der Waals surface area contributed by atoms with Crippen LogP contribution in [0, 0.1) is 0 Å². The minimum absolute atomic E-state index is 0.253. The van der Waals surface area contributed by atoms with Crippen LogP contribution >= 0.6 is 0 Å². The molecule has 0 saturated carbocycles. The summed E-state index contributed by atoms with van der Waals surface area (Å²) in [6.07, 6.45) is -0.253. The Hall–Kier alpha value is -3.36. The minimum Gasteiger partial charge on any atom is -0.356 e. The van der Waals surface area contributed by atoms with Crippen molar-refractivity contribution in [3.05, 3.63) is 138 Å². The van der Waals surface area contributed by atoms with Crippen LogP contribution in [0.15, 0.2) is 115 Å². The van der Waals surface area contributed by atoms with Crippen molar-refractivity contribution in [3.63, 3.8) is 0 Å². The zero-order valence-electron chi connectivity index (χ0n) is 15.5. The van der Waals surface area contributed by atoms with Crippen LogP contribution in [0.2, 0.25) is 0 Å². The lowest BCUT2D eigenvalue weighted by Gasteiger charge is -2.44. The Bertz CT molecular complexity index is 1020. The summed E-state index contributed by atoms with van der Waals surface area (Å²) in [5.74, 6) is 0. The lowest BCUT2D eigenvalue weighted by molar-refractivity contribution is -0.0432. The summed E-state index contributed by atoms with van der Waals surface area (Å²) in [7, 11) is 0. The largest absolute Gasteiger partial charge is 0.356 e. The van der Waals surface area contributed by atoms with Crippen molar-refractivity contribution in [2.75, 3.05) is 5.32 Å². The van der Waals surface area contributed by atoms with E-state index in [2.05, 4.69) is 90.2 Å². The van der Waals surface area contributed by atoms with Crippen molar-refractivity contribution in [2.45, 2.75) is 11.8 Å². The van der Waals surface area contributed by atoms with Gasteiger partial charge < -0.3 is 10.1 Å². The molecule has 2 heteroatoms. The fourth-order valence-corrected chi connectivity index (χ4v) is 4.07. The smallest absolute Gasteiger partial charge is 0.156 e. The molecule has 2 nitrogen and oxygen atoms in total. The molecule has 136 valence electrons. The molecule has 0 fully saturated rings. The first-order chi connectivity index (χ1) is 13.9. The van der Waals surface area contributed by atoms with E-state index in [0.717, 1.165) is 27.9 Å². The van der Waals surface area contributed by atoms with Gasteiger partial charge >= 0.3 is 0 Å². The second-order valence-electron chi connectivity index (χ2n) is 7.01. The molecule has 0 spiro atoms. The summed E-state index contributed by atoms with van der Waals surface area (Å²) in [5.41, 5.74) is 4.88. The first kappa shape index (κ1) is 16.8. The number of nitrogens with one attached hydrogen (secondary N) is 1. The average Bonchev–Trinajstić information content (AvgIpc) is 2.80. The van der Waals surface area contributed by atoms with Crippen molar-refractivity contribution in [3.8, 4) is 0 Å². The van der Waals surface area contributed by atoms with Crippen molar-refractivity contribution in [1.82, 2.24) is 0 Å². The molecule has 1 aliphatic rings. The molecule has 0 unspecified atom stereocenters. The normalized spacial score (nSPS) is 17.4. The third-order valence-corrected chi connectivity index (χ3v) is 5.35. The van der Waals surface area contributed by atoms with Gasteiger partial charge in [0.2, 0.25) is 0 Å². The molecule has 4 aromatic rings. The summed E-state index contributed by atoms with van der Waals surface area (Å²) in [4.78, 5) is 0. The van der Waals surface area contributed by atoms with Crippen LogP contribution < -0.4 is 5.32 Å². The quantitative estimate of drug-likeness (QED) is 0.473. The average molecular weight is 363 g/mol. The molecule has 0 saturated heterocycles. The Labute approximate surface area is 165 Å². The molecule has 1 atom stereocenters. The summed E-state index contributed by atoms with van der Waals surface area (Å²) >= 11 is 0. The molecule has 1 heterocycles. The highest BCUT2D eigenvalue weighted by Gasteiger charge is 2.44. The molecule has 28 heavy (non-hydrogen) atoms. The number of para-hydroxylation sites is 1. The van der Waals surface area contributed by atoms with Crippen LogP contribution in [0.1, 0.15) is 28.5 Å². The lowest BCUT2D eigenvalue weighted by Crippen LogP contribution is -2.40. The van der Waals surface area contributed by atoms with Crippen LogP contribution in [0.5, 0.6) is 0 Å². The maximum absolute atomic E-state index is 6.95. The molecule has 1 N–H and O–H groups in total. The van der Waals surface area contributed by atoms with Gasteiger partial charge in [-0.3, -0.25) is 0 Å². The zero-order chi connectivity index (χ0) is 18.8. The number of ether oxygens (including phenoxy) is 1. The Morgan fingerprint density at radius 1 is 0.571 bits per heavy atom. The van der Waals surface area contributed by atoms with E-state index in [9.17, 15) is 0 Å². The van der Waals surface area contributed by atoms with Gasteiger partial charge in [-0.25, -0.2) is 0 Å². The van der Waals surface area contributed by atoms with Crippen molar-refractivity contribution in [1.29, 1.82) is 0 Å². The fourth-order valence-electron chi connectivity index (χ4n) is 4.07. The van der Waals surface area contributed by atoms with Crippen LogP contribution in [0.4, 0.5) is 5.69 Å². The Kier molecular flexibility index (Phi) is 4.19. The van der Waals surface area contributed by atoms with Gasteiger partial charge in [-0.2, -0.15) is 0 Å². The van der Waals surface area contributed by atoms with E-state index in [0.29, 0.717) is 0 Å². The number of hydrogen-bond acceptors (Lipinski definition) is 2. The number of anilines is 1. The first-order valence-electron chi connectivity index (χ1n) is 9.58. The lowest BCUT2D eigenvalue weighted by atomic mass is 9.78. The molecular weight excluding hydrogens is 342 g/mol. The van der Waals surface area contributed by atoms with Gasteiger partial charge in [0.05, 0.1) is 0 Å². The summed E-state index contributed by atoms with van der Waals surface area (Å²) in [6.45, 7) is 0. The first-order valence-corrected chi connectivity index (χ1v) is 9.58. The third kappa shape index (κ3) is 2.70. The highest BCUT2D eigenvalue weighted by molar-refractivity contribution is 5.63. The molecule has 0 bridgehead atoms. The van der Waals surface area contributed by atoms with E-state index < -0.39 is 5.60 Å². The van der Waals surface area contributed by atoms with Crippen LogP contribution in [0.25, 0.3) is 0 Å². The second kappa shape index (κ2) is 6.99. The molecule has 0 aliphatic carbocycles. The molecule has 5 rings (SSSR count). The van der Waals surface area contributed by atoms with E-state index in [1.54, 1.807) is 0 Å². The van der Waals surface area contributed by atoms with E-state index >= 15 is 0 Å². The summed E-state index contributed by atoms with van der Waals surface area (Å²) in [5, 5.41) is 3.59. The number of rotatable bonds is 3. The molecule has 0 radical (unpaired) electrons. The van der Waals surface area contributed by atoms with Gasteiger partial charge in [-0.15, -0.1) is 0 Å². The maximum atomic E-state index is 6.95. The summed E-state index contributed by atoms with van der Waals surface area (Å²) in [6, 6.07) is 39.8. The van der Waals surface area contributed by atoms with Crippen molar-refractivity contribution >= 4 is 5.69 Å². The van der Waals surface area contributed by atoms with E-state index in [4.69, 9.17) is 4.74 Å². The van der Waals surface area contributed by atoms with E-state index in [1.807, 2.05) is 30.3 Å². The Morgan fingerprint density at radius 2 is 1.07 bits per heavy atom. The van der Waals surface area contributed by atoms with Crippen LogP contribution in [-0.4, -0.2) is 0 Å². The van der Waals surface area contributed by atoms with Crippen LogP contribution in [-0.2, 0) is 10.3 Å². The third-order valence-electron chi connectivity index (χ3n) is 5.35. The van der Waals surface area contributed by atoms with Gasteiger partial charge in [0.1, 0.15) is 5.60 Å². The number of benzene rings is 4. The van der Waals surface area contributed by atoms with Gasteiger partial charge in [0, 0.05) is 16.8 Å². The van der Waals surface area contributed by atoms with E-state index in [-0.39, 0.29) is 6.23 Å². The minimum atomic E-state index is -0.690. The van der Waals surface area contributed by atoms with Gasteiger partial charge in [0.15, 0.2) is 6.23 Å². The Morgan fingerprint density at radius 3 is 1.68 bits per heavy atom. The molecule has 0 aromatic heterocycles. The monoisotopic (exact) mass is 363 g/mol. The maximum Gasteiger partial charge on any atom is 0.156 e. The highest BCUT2D eigenvalue weighted by atomic mass is 16.5. The molecular formula is C26H21NO. The predicted molar refractivity (Wildman–Crippen MR) is 113 cm³/mol. The Balaban J connectivity index is 1.79. The SMILES string of the molecule is c1ccc([C@H]2Nc3ccccc3C(c3ccccc3)(c3ccccc3)O2)cc1. The van der Waals surface area contributed by atoms with E-state index in [1.165, 1.54) is 0 Å². The van der Waals surface area contributed by atoms with Gasteiger partial charge in [-0.05, 0) is 17.2 Å². The molecule has 4 aromatic carbocycles. The van der Waals surface area contributed by atoms with Gasteiger partial charge in [0.25, 0.3) is 0 Å². The van der Waals surface area contributed by atoms with Crippen LogP contribution in [0.3, 0.4) is 0 Å². The predicted octanol–water partition coefficient (Wildman–Crippen LogP) is 6.12. The molecule has 0 amide bonds. The number of fused-ring (bicyclic) bond motifs is 1. The van der Waals surface area contributed by atoms with Crippen molar-refractivity contribution < 1.29 is 4.74 Å². The fraction of sp³-hybridized carbons (Fsp3) is 0.0769.